The molecular weight excluding hydrogens is 454 g/mol. The fourth-order valence-corrected chi connectivity index (χ4v) is 4.81. The molecule has 0 saturated heterocycles. The number of anilines is 3. The quantitative estimate of drug-likeness (QED) is 0.447. The van der Waals surface area contributed by atoms with Crippen LogP contribution in [0.25, 0.3) is 0 Å². The van der Waals surface area contributed by atoms with Crippen molar-refractivity contribution in [3.63, 3.8) is 0 Å². The highest BCUT2D eigenvalue weighted by Crippen LogP contribution is 2.36. The summed E-state index contributed by atoms with van der Waals surface area (Å²) in [6.07, 6.45) is 0. The minimum absolute atomic E-state index is 0.0779. The van der Waals surface area contributed by atoms with Gasteiger partial charge in [0.1, 0.15) is 11.4 Å². The average Bonchev–Trinajstić information content (AvgIpc) is 2.76. The zero-order chi connectivity index (χ0) is 22.0. The molecular formula is C22H18ClN3O3S2. The minimum atomic E-state index is -1.45. The number of thioether (sulfide) groups is 1. The molecule has 31 heavy (non-hydrogen) atoms. The van der Waals surface area contributed by atoms with Crippen LogP contribution in [-0.2, 0) is 16.2 Å². The Balaban J connectivity index is 1.40. The zero-order valence-electron chi connectivity index (χ0n) is 16.3. The summed E-state index contributed by atoms with van der Waals surface area (Å²) in [5.74, 6) is -0.375. The maximum atomic E-state index is 12.6. The van der Waals surface area contributed by atoms with E-state index in [-0.39, 0.29) is 17.1 Å². The third kappa shape index (κ3) is 5.16. The molecule has 4 rings (SSSR count). The van der Waals surface area contributed by atoms with E-state index >= 15 is 0 Å². The Kier molecular flexibility index (Phi) is 6.43. The van der Waals surface area contributed by atoms with Gasteiger partial charge in [0.25, 0.3) is 5.91 Å². The van der Waals surface area contributed by atoms with Crippen molar-refractivity contribution >= 4 is 63.6 Å². The van der Waals surface area contributed by atoms with Crippen LogP contribution < -0.4 is 15.4 Å². The zero-order valence-corrected chi connectivity index (χ0v) is 18.7. The molecule has 0 radical (unpaired) electrons. The van der Waals surface area contributed by atoms with Crippen molar-refractivity contribution in [2.75, 3.05) is 15.4 Å². The van der Waals surface area contributed by atoms with Crippen molar-refractivity contribution in [3.8, 4) is 0 Å². The Morgan fingerprint density at radius 3 is 2.45 bits per heavy atom. The molecule has 1 aliphatic heterocycles. The predicted octanol–water partition coefficient (Wildman–Crippen LogP) is 5.16. The van der Waals surface area contributed by atoms with Gasteiger partial charge in [-0.25, -0.2) is 4.72 Å². The summed E-state index contributed by atoms with van der Waals surface area (Å²) in [7, 11) is 0. The van der Waals surface area contributed by atoms with Crippen molar-refractivity contribution in [2.24, 2.45) is 0 Å². The molecule has 3 aromatic carbocycles. The standard InChI is InChI=1S/C22H18ClN3O3S2/c1-13-21(27)25-19-12-14(2-11-20(19)30-13)22(28)24-16-7-9-18(10-8-16)31(29)26-17-5-3-15(23)4-6-17/h2-13,26H,1H3,(H,24,28)(H,25,27)/t13-,31?/m1/s1. The number of benzene rings is 3. The fourth-order valence-electron chi connectivity index (χ4n) is 2.90. The highest BCUT2D eigenvalue weighted by atomic mass is 35.5. The van der Waals surface area contributed by atoms with Crippen LogP contribution in [0.2, 0.25) is 5.02 Å². The number of halogens is 1. The molecule has 0 saturated carbocycles. The van der Waals surface area contributed by atoms with Crippen molar-refractivity contribution in [1.29, 1.82) is 0 Å². The van der Waals surface area contributed by atoms with Gasteiger partial charge in [0.2, 0.25) is 5.91 Å². The summed E-state index contributed by atoms with van der Waals surface area (Å²) < 4.78 is 15.4. The number of carbonyl (C=O) groups excluding carboxylic acids is 2. The second kappa shape index (κ2) is 9.23. The van der Waals surface area contributed by atoms with E-state index in [0.29, 0.717) is 32.5 Å². The van der Waals surface area contributed by atoms with Crippen molar-refractivity contribution < 1.29 is 14.1 Å². The summed E-state index contributed by atoms with van der Waals surface area (Å²) in [5.41, 5.74) is 2.33. The smallest absolute Gasteiger partial charge is 0.255 e. The van der Waals surface area contributed by atoms with E-state index < -0.39 is 11.4 Å². The molecule has 1 unspecified atom stereocenters. The Bertz CT molecular complexity index is 1120. The minimum Gasteiger partial charge on any atom is -0.588 e. The third-order valence-electron chi connectivity index (χ3n) is 4.55. The van der Waals surface area contributed by atoms with Crippen LogP contribution in [-0.4, -0.2) is 21.6 Å². The van der Waals surface area contributed by atoms with E-state index in [4.69, 9.17) is 11.6 Å². The van der Waals surface area contributed by atoms with Crippen LogP contribution in [0.1, 0.15) is 17.3 Å². The molecule has 9 heteroatoms. The van der Waals surface area contributed by atoms with E-state index in [1.807, 2.05) is 13.0 Å². The molecule has 0 bridgehead atoms. The fraction of sp³-hybridized carbons (Fsp3) is 0.0909. The molecule has 0 spiro atoms. The number of fused-ring (bicyclic) bond motifs is 1. The lowest BCUT2D eigenvalue weighted by atomic mass is 10.1. The van der Waals surface area contributed by atoms with E-state index in [1.54, 1.807) is 60.7 Å². The van der Waals surface area contributed by atoms with Crippen LogP contribution >= 0.6 is 23.4 Å². The lowest BCUT2D eigenvalue weighted by Gasteiger charge is -2.21. The SMILES string of the molecule is C[C@H]1Sc2ccc(C(=O)Nc3ccc([S+]([O-])Nc4ccc(Cl)cc4)cc3)cc2NC1=O. The summed E-state index contributed by atoms with van der Waals surface area (Å²) >= 11 is 5.87. The first-order valence-electron chi connectivity index (χ1n) is 9.36. The maximum absolute atomic E-state index is 12.6. The largest absolute Gasteiger partial charge is 0.588 e. The van der Waals surface area contributed by atoms with E-state index in [2.05, 4.69) is 15.4 Å². The van der Waals surface area contributed by atoms with Gasteiger partial charge in [0, 0.05) is 21.2 Å². The molecule has 6 nitrogen and oxygen atoms in total. The van der Waals surface area contributed by atoms with Crippen molar-refractivity contribution in [2.45, 2.75) is 22.0 Å². The number of hydrogen-bond acceptors (Lipinski definition) is 5. The Hall–Kier alpha value is -2.65. The summed E-state index contributed by atoms with van der Waals surface area (Å²) in [5, 5.41) is 6.08. The Morgan fingerprint density at radius 1 is 1.06 bits per heavy atom. The van der Waals surface area contributed by atoms with Gasteiger partial charge in [-0.1, -0.05) is 11.6 Å². The van der Waals surface area contributed by atoms with Gasteiger partial charge < -0.3 is 15.2 Å². The first-order chi connectivity index (χ1) is 14.9. The van der Waals surface area contributed by atoms with Crippen LogP contribution in [0.3, 0.4) is 0 Å². The van der Waals surface area contributed by atoms with Crippen LogP contribution in [0, 0.1) is 0 Å². The highest BCUT2D eigenvalue weighted by Gasteiger charge is 2.23. The van der Waals surface area contributed by atoms with E-state index in [1.165, 1.54) is 11.8 Å². The van der Waals surface area contributed by atoms with Gasteiger partial charge in [0.15, 0.2) is 4.90 Å². The normalized spacial score (nSPS) is 16.1. The Labute approximate surface area is 192 Å². The maximum Gasteiger partial charge on any atom is 0.255 e. The number of amides is 2. The molecule has 0 aliphatic carbocycles. The molecule has 1 heterocycles. The van der Waals surface area contributed by atoms with Gasteiger partial charge >= 0.3 is 0 Å². The van der Waals surface area contributed by atoms with Gasteiger partial charge in [-0.15, -0.1) is 11.8 Å². The lowest BCUT2D eigenvalue weighted by Crippen LogP contribution is -2.26. The topological polar surface area (TPSA) is 93.3 Å². The van der Waals surface area contributed by atoms with Gasteiger partial charge in [-0.2, -0.15) is 0 Å². The molecule has 1 aliphatic rings. The number of rotatable bonds is 5. The second-order valence-corrected chi connectivity index (χ2v) is 9.85. The highest BCUT2D eigenvalue weighted by molar-refractivity contribution is 8.01. The lowest BCUT2D eigenvalue weighted by molar-refractivity contribution is -0.115. The monoisotopic (exact) mass is 471 g/mol. The van der Waals surface area contributed by atoms with Crippen LogP contribution in [0.4, 0.5) is 17.1 Å². The van der Waals surface area contributed by atoms with E-state index in [9.17, 15) is 14.1 Å². The second-order valence-electron chi connectivity index (χ2n) is 6.82. The average molecular weight is 472 g/mol. The molecule has 0 aromatic heterocycles. The van der Waals surface area contributed by atoms with E-state index in [0.717, 1.165) is 4.90 Å². The molecule has 2 amide bonds. The molecule has 0 fully saturated rings. The number of nitrogens with one attached hydrogen (secondary N) is 3. The third-order valence-corrected chi connectivity index (χ3v) is 7.10. The van der Waals surface area contributed by atoms with Gasteiger partial charge in [-0.3, -0.25) is 9.59 Å². The van der Waals surface area contributed by atoms with Gasteiger partial charge in [-0.05, 0) is 73.7 Å². The van der Waals surface area contributed by atoms with Crippen molar-refractivity contribution in [1.82, 2.24) is 0 Å². The van der Waals surface area contributed by atoms with Crippen molar-refractivity contribution in [3.05, 3.63) is 77.3 Å². The first kappa shape index (κ1) is 21.6. The summed E-state index contributed by atoms with van der Waals surface area (Å²) in [6, 6.07) is 18.9. The summed E-state index contributed by atoms with van der Waals surface area (Å²) in [4.78, 5) is 26.0. The number of carbonyl (C=O) groups is 2. The van der Waals surface area contributed by atoms with Gasteiger partial charge in [0.05, 0.1) is 16.6 Å². The molecule has 158 valence electrons. The number of hydrogen-bond donors (Lipinski definition) is 3. The van der Waals surface area contributed by atoms with Crippen LogP contribution in [0.15, 0.2) is 76.5 Å². The molecule has 3 N–H and O–H groups in total. The van der Waals surface area contributed by atoms with Crippen LogP contribution in [0.5, 0.6) is 0 Å². The molecule has 2 atom stereocenters. The first-order valence-corrected chi connectivity index (χ1v) is 11.8. The molecule has 3 aromatic rings. The summed E-state index contributed by atoms with van der Waals surface area (Å²) in [6.45, 7) is 1.84. The Morgan fingerprint density at radius 2 is 1.74 bits per heavy atom. The predicted molar refractivity (Wildman–Crippen MR) is 126 cm³/mol.